The fourth-order valence-electron chi connectivity index (χ4n) is 1.28. The van der Waals surface area contributed by atoms with Crippen LogP contribution in [0, 0.1) is 5.82 Å². The van der Waals surface area contributed by atoms with Gasteiger partial charge in [-0.3, -0.25) is 4.79 Å². The molecule has 0 fully saturated rings. The number of rotatable bonds is 1. The van der Waals surface area contributed by atoms with Crippen LogP contribution in [0.5, 0.6) is 0 Å². The molecule has 2 aromatic rings. The van der Waals surface area contributed by atoms with Crippen molar-refractivity contribution in [2.75, 3.05) is 0 Å². The fourth-order valence-corrected chi connectivity index (χ4v) is 1.28. The van der Waals surface area contributed by atoms with E-state index in [0.29, 0.717) is 11.3 Å². The van der Waals surface area contributed by atoms with E-state index in [-0.39, 0.29) is 11.2 Å². The van der Waals surface area contributed by atoms with E-state index in [4.69, 9.17) is 0 Å². The monoisotopic (exact) mass is 189 g/mol. The van der Waals surface area contributed by atoms with Crippen LogP contribution in [0.25, 0.3) is 11.3 Å². The third-order valence-corrected chi connectivity index (χ3v) is 1.94. The number of halogens is 1. The lowest BCUT2D eigenvalue weighted by Gasteiger charge is -2.01. The van der Waals surface area contributed by atoms with Crippen LogP contribution in [0.3, 0.4) is 0 Å². The average molecular weight is 189 g/mol. The molecule has 0 aliphatic rings. The molecule has 3 heteroatoms. The first kappa shape index (κ1) is 8.69. The van der Waals surface area contributed by atoms with Crippen LogP contribution < -0.4 is 5.43 Å². The Morgan fingerprint density at radius 2 is 1.93 bits per heavy atom. The van der Waals surface area contributed by atoms with Crippen molar-refractivity contribution < 1.29 is 4.39 Å². The first-order valence-corrected chi connectivity index (χ1v) is 4.21. The zero-order chi connectivity index (χ0) is 9.97. The molecule has 0 bridgehead atoms. The number of pyridine rings is 1. The molecule has 0 aliphatic heterocycles. The van der Waals surface area contributed by atoms with Gasteiger partial charge >= 0.3 is 0 Å². The fraction of sp³-hybridized carbons (Fsp3) is 0. The van der Waals surface area contributed by atoms with E-state index in [2.05, 4.69) is 4.98 Å². The van der Waals surface area contributed by atoms with Gasteiger partial charge in [0.25, 0.3) is 0 Å². The number of H-pyrrole nitrogens is 1. The molecular weight excluding hydrogens is 181 g/mol. The van der Waals surface area contributed by atoms with Crippen molar-refractivity contribution in [2.24, 2.45) is 0 Å². The van der Waals surface area contributed by atoms with Crippen molar-refractivity contribution in [1.29, 1.82) is 0 Å². The van der Waals surface area contributed by atoms with Gasteiger partial charge in [-0.1, -0.05) is 12.1 Å². The number of hydrogen-bond donors (Lipinski definition) is 1. The highest BCUT2D eigenvalue weighted by molar-refractivity contribution is 5.59. The summed E-state index contributed by atoms with van der Waals surface area (Å²) in [5.41, 5.74) is 0.766. The molecule has 0 saturated carbocycles. The molecule has 2 nitrogen and oxygen atoms in total. The lowest BCUT2D eigenvalue weighted by molar-refractivity contribution is 0.630. The zero-order valence-electron chi connectivity index (χ0n) is 7.33. The summed E-state index contributed by atoms with van der Waals surface area (Å²) in [6.45, 7) is 0. The van der Waals surface area contributed by atoms with Gasteiger partial charge in [-0.05, 0) is 12.1 Å². The van der Waals surface area contributed by atoms with Crippen LogP contribution in [0.1, 0.15) is 0 Å². The highest BCUT2D eigenvalue weighted by Gasteiger charge is 2.03. The summed E-state index contributed by atoms with van der Waals surface area (Å²) in [4.78, 5) is 13.9. The normalized spacial score (nSPS) is 10.1. The molecule has 2 rings (SSSR count). The molecule has 14 heavy (non-hydrogen) atoms. The van der Waals surface area contributed by atoms with Crippen LogP contribution in [-0.2, 0) is 0 Å². The standard InChI is InChI=1S/C11H8FNO/c12-10-4-2-1-3-9(10)11-7-8(14)5-6-13-11/h1-7H,(H,13,14). The van der Waals surface area contributed by atoms with Crippen molar-refractivity contribution in [3.63, 3.8) is 0 Å². The summed E-state index contributed by atoms with van der Waals surface area (Å²) in [6, 6.07) is 9.09. The number of nitrogens with one attached hydrogen (secondary N) is 1. The third-order valence-electron chi connectivity index (χ3n) is 1.94. The van der Waals surface area contributed by atoms with Gasteiger partial charge in [-0.25, -0.2) is 4.39 Å². The van der Waals surface area contributed by atoms with Gasteiger partial charge in [0.15, 0.2) is 5.43 Å². The van der Waals surface area contributed by atoms with Crippen molar-refractivity contribution in [1.82, 2.24) is 4.98 Å². The SMILES string of the molecule is O=c1cc[nH]c(-c2ccccc2F)c1. The van der Waals surface area contributed by atoms with E-state index in [1.54, 1.807) is 18.2 Å². The second-order valence-corrected chi connectivity index (χ2v) is 2.92. The smallest absolute Gasteiger partial charge is 0.182 e. The lowest BCUT2D eigenvalue weighted by atomic mass is 10.1. The largest absolute Gasteiger partial charge is 0.361 e. The van der Waals surface area contributed by atoms with Gasteiger partial charge in [0, 0.05) is 23.9 Å². The average Bonchev–Trinajstić information content (AvgIpc) is 2.18. The Labute approximate surface area is 80.0 Å². The van der Waals surface area contributed by atoms with Crippen molar-refractivity contribution in [2.45, 2.75) is 0 Å². The molecule has 1 N–H and O–H groups in total. The summed E-state index contributed by atoms with van der Waals surface area (Å²) >= 11 is 0. The summed E-state index contributed by atoms with van der Waals surface area (Å²) in [5.74, 6) is -0.339. The van der Waals surface area contributed by atoms with Gasteiger partial charge in [-0.2, -0.15) is 0 Å². The maximum absolute atomic E-state index is 13.3. The Morgan fingerprint density at radius 1 is 1.14 bits per heavy atom. The second kappa shape index (κ2) is 3.46. The molecule has 70 valence electrons. The summed E-state index contributed by atoms with van der Waals surface area (Å²) in [6.07, 6.45) is 1.50. The number of hydrogen-bond acceptors (Lipinski definition) is 1. The topological polar surface area (TPSA) is 32.9 Å². The van der Waals surface area contributed by atoms with Crippen LogP contribution >= 0.6 is 0 Å². The zero-order valence-corrected chi connectivity index (χ0v) is 7.33. The predicted octanol–water partition coefficient (Wildman–Crippen LogP) is 2.18. The highest BCUT2D eigenvalue weighted by Crippen LogP contribution is 2.18. The molecule has 0 unspecified atom stereocenters. The van der Waals surface area contributed by atoms with E-state index in [1.807, 2.05) is 0 Å². The maximum atomic E-state index is 13.3. The Kier molecular flexibility index (Phi) is 2.14. The Morgan fingerprint density at radius 3 is 2.64 bits per heavy atom. The van der Waals surface area contributed by atoms with Gasteiger partial charge in [0.2, 0.25) is 0 Å². The van der Waals surface area contributed by atoms with Crippen molar-refractivity contribution in [3.8, 4) is 11.3 Å². The first-order chi connectivity index (χ1) is 6.77. The van der Waals surface area contributed by atoms with E-state index >= 15 is 0 Å². The van der Waals surface area contributed by atoms with Crippen LogP contribution in [0.15, 0.2) is 47.4 Å². The van der Waals surface area contributed by atoms with Crippen molar-refractivity contribution >= 4 is 0 Å². The molecule has 0 spiro atoms. The maximum Gasteiger partial charge on any atom is 0.182 e. The highest BCUT2D eigenvalue weighted by atomic mass is 19.1. The van der Waals surface area contributed by atoms with E-state index in [1.165, 1.54) is 24.4 Å². The summed E-state index contributed by atoms with van der Waals surface area (Å²) in [5, 5.41) is 0. The summed E-state index contributed by atoms with van der Waals surface area (Å²) in [7, 11) is 0. The van der Waals surface area contributed by atoms with Crippen molar-refractivity contribution in [3.05, 3.63) is 58.6 Å². The predicted molar refractivity (Wildman–Crippen MR) is 52.5 cm³/mol. The third kappa shape index (κ3) is 1.57. The second-order valence-electron chi connectivity index (χ2n) is 2.92. The number of benzene rings is 1. The minimum Gasteiger partial charge on any atom is -0.361 e. The molecule has 0 saturated heterocycles. The van der Waals surface area contributed by atoms with E-state index in [0.717, 1.165) is 0 Å². The van der Waals surface area contributed by atoms with E-state index < -0.39 is 0 Å². The molecule has 1 aromatic heterocycles. The number of aromatic amines is 1. The molecule has 1 aromatic carbocycles. The number of aromatic nitrogens is 1. The van der Waals surface area contributed by atoms with Gasteiger partial charge in [0.05, 0.1) is 5.69 Å². The van der Waals surface area contributed by atoms with Crippen LogP contribution in [0.4, 0.5) is 4.39 Å². The lowest BCUT2D eigenvalue weighted by Crippen LogP contribution is -1.98. The van der Waals surface area contributed by atoms with Crippen LogP contribution in [-0.4, -0.2) is 4.98 Å². The Hall–Kier alpha value is -1.90. The van der Waals surface area contributed by atoms with E-state index in [9.17, 15) is 9.18 Å². The Balaban J connectivity index is 2.61. The van der Waals surface area contributed by atoms with Gasteiger partial charge < -0.3 is 4.98 Å². The molecule has 1 heterocycles. The first-order valence-electron chi connectivity index (χ1n) is 4.21. The van der Waals surface area contributed by atoms with Gasteiger partial charge in [0.1, 0.15) is 5.82 Å². The molecule has 0 atom stereocenters. The minimum atomic E-state index is -0.339. The summed E-state index contributed by atoms with van der Waals surface area (Å²) < 4.78 is 13.3. The molecule has 0 radical (unpaired) electrons. The minimum absolute atomic E-state index is 0.137. The molecular formula is C11H8FNO. The Bertz CT molecular complexity index is 504. The molecule has 0 aliphatic carbocycles. The van der Waals surface area contributed by atoms with Gasteiger partial charge in [-0.15, -0.1) is 0 Å². The quantitative estimate of drug-likeness (QED) is 0.732. The molecule has 0 amide bonds. The van der Waals surface area contributed by atoms with Crippen LogP contribution in [0.2, 0.25) is 0 Å².